The summed E-state index contributed by atoms with van der Waals surface area (Å²) in [4.78, 5) is 0. The molecule has 2 aromatic rings. The normalized spacial score (nSPS) is 9.90. The van der Waals surface area contributed by atoms with E-state index in [2.05, 4.69) is 17.3 Å². The Kier molecular flexibility index (Phi) is 4.10. The summed E-state index contributed by atoms with van der Waals surface area (Å²) in [6, 6.07) is 8.98. The zero-order chi connectivity index (χ0) is 15.4. The van der Waals surface area contributed by atoms with E-state index < -0.39 is 0 Å². The van der Waals surface area contributed by atoms with Crippen molar-refractivity contribution in [2.24, 2.45) is 7.05 Å². The smallest absolute Gasteiger partial charge is 0.152 e. The standard InChI is InChI=1S/C15H16N6/c1-3-4-13-14(18)15(21(2)20-13)19-12-6-5-10(8-16)11(7-12)9-17/h5-7,19H,3-4,18H2,1-2H3. The van der Waals surface area contributed by atoms with Gasteiger partial charge in [0, 0.05) is 12.7 Å². The first-order chi connectivity index (χ1) is 10.1. The highest BCUT2D eigenvalue weighted by molar-refractivity contribution is 5.72. The molecule has 0 amide bonds. The number of hydrogen-bond acceptors (Lipinski definition) is 5. The Bertz CT molecular complexity index is 745. The van der Waals surface area contributed by atoms with Gasteiger partial charge in [-0.15, -0.1) is 0 Å². The number of aryl methyl sites for hydroxylation is 2. The lowest BCUT2D eigenvalue weighted by Gasteiger charge is -2.08. The van der Waals surface area contributed by atoms with Gasteiger partial charge in [-0.1, -0.05) is 13.3 Å². The Morgan fingerprint density at radius 1 is 1.29 bits per heavy atom. The van der Waals surface area contributed by atoms with Gasteiger partial charge in [-0.3, -0.25) is 4.68 Å². The minimum atomic E-state index is 0.331. The van der Waals surface area contributed by atoms with Gasteiger partial charge in [0.25, 0.3) is 0 Å². The molecule has 1 aromatic heterocycles. The van der Waals surface area contributed by atoms with Crippen LogP contribution in [0, 0.1) is 22.7 Å². The third-order valence-electron chi connectivity index (χ3n) is 3.17. The Labute approximate surface area is 123 Å². The molecule has 0 fully saturated rings. The molecular weight excluding hydrogens is 264 g/mol. The second-order valence-corrected chi connectivity index (χ2v) is 4.69. The van der Waals surface area contributed by atoms with Crippen molar-refractivity contribution < 1.29 is 0 Å². The van der Waals surface area contributed by atoms with Gasteiger partial charge in [0.05, 0.1) is 22.5 Å². The predicted molar refractivity (Wildman–Crippen MR) is 80.8 cm³/mol. The van der Waals surface area contributed by atoms with Crippen LogP contribution in [0.25, 0.3) is 0 Å². The number of anilines is 3. The topological polar surface area (TPSA) is 103 Å². The number of nitriles is 2. The molecule has 0 radical (unpaired) electrons. The number of nitrogens with one attached hydrogen (secondary N) is 1. The van der Waals surface area contributed by atoms with E-state index in [1.54, 1.807) is 22.9 Å². The van der Waals surface area contributed by atoms with E-state index in [9.17, 15) is 0 Å². The lowest BCUT2D eigenvalue weighted by Crippen LogP contribution is -2.01. The van der Waals surface area contributed by atoms with E-state index in [1.807, 2.05) is 19.2 Å². The van der Waals surface area contributed by atoms with Crippen LogP contribution in [0.3, 0.4) is 0 Å². The van der Waals surface area contributed by atoms with Gasteiger partial charge >= 0.3 is 0 Å². The average Bonchev–Trinajstić information content (AvgIpc) is 2.75. The molecule has 0 aliphatic rings. The molecule has 1 heterocycles. The number of nitrogen functional groups attached to an aromatic ring is 1. The number of rotatable bonds is 4. The van der Waals surface area contributed by atoms with Crippen LogP contribution in [-0.4, -0.2) is 9.78 Å². The molecule has 0 spiro atoms. The van der Waals surface area contributed by atoms with Gasteiger partial charge in [-0.05, 0) is 24.6 Å². The predicted octanol–water partition coefficient (Wildman–Crippen LogP) is 2.44. The summed E-state index contributed by atoms with van der Waals surface area (Å²) >= 11 is 0. The molecule has 21 heavy (non-hydrogen) atoms. The van der Waals surface area contributed by atoms with Gasteiger partial charge in [0.15, 0.2) is 5.82 Å². The van der Waals surface area contributed by atoms with E-state index in [0.29, 0.717) is 28.3 Å². The van der Waals surface area contributed by atoms with E-state index in [4.69, 9.17) is 16.3 Å². The molecule has 0 unspecified atom stereocenters. The summed E-state index contributed by atoms with van der Waals surface area (Å²) in [7, 11) is 1.81. The zero-order valence-electron chi connectivity index (χ0n) is 12.0. The van der Waals surface area contributed by atoms with Crippen LogP contribution in [0.15, 0.2) is 18.2 Å². The van der Waals surface area contributed by atoms with Gasteiger partial charge in [-0.25, -0.2) is 0 Å². The molecule has 6 nitrogen and oxygen atoms in total. The highest BCUT2D eigenvalue weighted by atomic mass is 15.3. The van der Waals surface area contributed by atoms with Crippen molar-refractivity contribution in [2.45, 2.75) is 19.8 Å². The highest BCUT2D eigenvalue weighted by Gasteiger charge is 2.13. The van der Waals surface area contributed by atoms with E-state index in [-0.39, 0.29) is 0 Å². The summed E-state index contributed by atoms with van der Waals surface area (Å²) < 4.78 is 1.69. The van der Waals surface area contributed by atoms with E-state index in [0.717, 1.165) is 18.5 Å². The minimum absolute atomic E-state index is 0.331. The molecule has 1 aromatic carbocycles. The van der Waals surface area contributed by atoms with Crippen LogP contribution in [-0.2, 0) is 13.5 Å². The van der Waals surface area contributed by atoms with Crippen LogP contribution < -0.4 is 11.1 Å². The maximum atomic E-state index is 9.05. The van der Waals surface area contributed by atoms with Gasteiger partial charge in [0.1, 0.15) is 12.1 Å². The Hall–Kier alpha value is -2.99. The fourth-order valence-corrected chi connectivity index (χ4v) is 2.11. The summed E-state index contributed by atoms with van der Waals surface area (Å²) in [5, 5.41) is 25.5. The fourth-order valence-electron chi connectivity index (χ4n) is 2.11. The summed E-state index contributed by atoms with van der Waals surface area (Å²) in [5.41, 5.74) is 8.96. The highest BCUT2D eigenvalue weighted by Crippen LogP contribution is 2.27. The first kappa shape index (κ1) is 14.4. The molecule has 2 rings (SSSR count). The molecule has 6 heteroatoms. The second-order valence-electron chi connectivity index (χ2n) is 4.69. The lowest BCUT2D eigenvalue weighted by atomic mass is 10.1. The second kappa shape index (κ2) is 5.98. The van der Waals surface area contributed by atoms with Crippen LogP contribution in [0.1, 0.15) is 30.2 Å². The zero-order valence-corrected chi connectivity index (χ0v) is 12.0. The average molecular weight is 280 g/mol. The third-order valence-corrected chi connectivity index (χ3v) is 3.17. The largest absolute Gasteiger partial charge is 0.394 e. The summed E-state index contributed by atoms with van der Waals surface area (Å²) in [6.07, 6.45) is 1.79. The number of aromatic nitrogens is 2. The maximum Gasteiger partial charge on any atom is 0.152 e. The third kappa shape index (κ3) is 2.80. The van der Waals surface area contributed by atoms with Crippen molar-refractivity contribution >= 4 is 17.2 Å². The molecule has 0 saturated carbocycles. The number of hydrogen-bond donors (Lipinski definition) is 2. The SMILES string of the molecule is CCCc1nn(C)c(Nc2ccc(C#N)c(C#N)c2)c1N. The van der Waals surface area contributed by atoms with Crippen molar-refractivity contribution in [2.75, 3.05) is 11.1 Å². The van der Waals surface area contributed by atoms with E-state index >= 15 is 0 Å². The number of benzene rings is 1. The first-order valence-electron chi connectivity index (χ1n) is 6.63. The van der Waals surface area contributed by atoms with Gasteiger partial charge in [0.2, 0.25) is 0 Å². The number of nitrogens with two attached hydrogens (primary N) is 1. The Balaban J connectivity index is 2.35. The molecule has 0 aliphatic carbocycles. The van der Waals surface area contributed by atoms with Crippen molar-refractivity contribution in [3.8, 4) is 12.1 Å². The maximum absolute atomic E-state index is 9.05. The van der Waals surface area contributed by atoms with Crippen LogP contribution >= 0.6 is 0 Å². The first-order valence-corrected chi connectivity index (χ1v) is 6.63. The molecular formula is C15H16N6. The number of nitrogens with zero attached hydrogens (tertiary/aromatic N) is 4. The molecule has 0 saturated heterocycles. The molecule has 0 bridgehead atoms. The molecule has 0 aliphatic heterocycles. The summed E-state index contributed by atoms with van der Waals surface area (Å²) in [5.74, 6) is 0.687. The van der Waals surface area contributed by atoms with Crippen molar-refractivity contribution in [3.63, 3.8) is 0 Å². The Morgan fingerprint density at radius 2 is 2.00 bits per heavy atom. The molecule has 0 atom stereocenters. The molecule has 3 N–H and O–H groups in total. The monoisotopic (exact) mass is 280 g/mol. The van der Waals surface area contributed by atoms with E-state index in [1.165, 1.54) is 0 Å². The summed E-state index contributed by atoms with van der Waals surface area (Å²) in [6.45, 7) is 2.07. The van der Waals surface area contributed by atoms with Gasteiger partial charge < -0.3 is 11.1 Å². The fraction of sp³-hybridized carbons (Fsp3) is 0.267. The van der Waals surface area contributed by atoms with Gasteiger partial charge in [-0.2, -0.15) is 15.6 Å². The lowest BCUT2D eigenvalue weighted by molar-refractivity contribution is 0.740. The van der Waals surface area contributed by atoms with Crippen molar-refractivity contribution in [1.29, 1.82) is 10.5 Å². The minimum Gasteiger partial charge on any atom is -0.394 e. The van der Waals surface area contributed by atoms with Crippen molar-refractivity contribution in [1.82, 2.24) is 9.78 Å². The van der Waals surface area contributed by atoms with Crippen LogP contribution in [0.5, 0.6) is 0 Å². The quantitative estimate of drug-likeness (QED) is 0.895. The molecule has 106 valence electrons. The Morgan fingerprint density at radius 3 is 2.62 bits per heavy atom. The van der Waals surface area contributed by atoms with Crippen molar-refractivity contribution in [3.05, 3.63) is 35.0 Å². The van der Waals surface area contributed by atoms with Crippen LogP contribution in [0.4, 0.5) is 17.2 Å². The van der Waals surface area contributed by atoms with Crippen LogP contribution in [0.2, 0.25) is 0 Å².